The Morgan fingerprint density at radius 1 is 1.32 bits per heavy atom. The molecule has 0 saturated carbocycles. The van der Waals surface area contributed by atoms with E-state index in [1.54, 1.807) is 17.0 Å². The highest BCUT2D eigenvalue weighted by atomic mass is 16.3. The van der Waals surface area contributed by atoms with E-state index in [0.29, 0.717) is 24.9 Å². The number of carbonyl (C=O) groups excluding carboxylic acids is 2. The summed E-state index contributed by atoms with van der Waals surface area (Å²) in [5.41, 5.74) is 1.44. The van der Waals surface area contributed by atoms with Gasteiger partial charge in [0.25, 0.3) is 5.91 Å². The molecule has 0 radical (unpaired) electrons. The van der Waals surface area contributed by atoms with E-state index >= 15 is 0 Å². The van der Waals surface area contributed by atoms with Crippen molar-refractivity contribution in [2.24, 2.45) is 5.92 Å². The fourth-order valence-corrected chi connectivity index (χ4v) is 2.56. The molecule has 1 atom stereocenters. The summed E-state index contributed by atoms with van der Waals surface area (Å²) in [7, 11) is 0. The van der Waals surface area contributed by atoms with E-state index in [1.807, 2.05) is 19.1 Å². The molecule has 0 bridgehead atoms. The predicted molar refractivity (Wildman–Crippen MR) is 85.8 cm³/mol. The molecule has 2 rings (SSSR count). The van der Waals surface area contributed by atoms with Crippen molar-refractivity contribution in [2.75, 3.05) is 24.6 Å². The van der Waals surface area contributed by atoms with Crippen LogP contribution in [0.3, 0.4) is 0 Å². The Hall–Kier alpha value is -1.88. The summed E-state index contributed by atoms with van der Waals surface area (Å²) >= 11 is 0. The molecule has 1 saturated heterocycles. The zero-order valence-corrected chi connectivity index (χ0v) is 13.0. The van der Waals surface area contributed by atoms with Gasteiger partial charge in [-0.1, -0.05) is 6.92 Å². The van der Waals surface area contributed by atoms with Crippen molar-refractivity contribution in [3.05, 3.63) is 29.8 Å². The van der Waals surface area contributed by atoms with Crippen LogP contribution in [0, 0.1) is 5.92 Å². The summed E-state index contributed by atoms with van der Waals surface area (Å²) in [6, 6.07) is 7.16. The zero-order chi connectivity index (χ0) is 15.9. The highest BCUT2D eigenvalue weighted by Crippen LogP contribution is 2.21. The summed E-state index contributed by atoms with van der Waals surface area (Å²) in [5, 5.41) is 11.7. The fraction of sp³-hybridized carbons (Fsp3) is 0.529. The SMILES string of the molecule is CC(CCO)CNC(=O)c1ccc(N2CCCCC2=O)cc1. The van der Waals surface area contributed by atoms with Gasteiger partial charge in [0.15, 0.2) is 0 Å². The molecule has 0 aliphatic carbocycles. The number of benzene rings is 1. The Bertz CT molecular complexity index is 513. The maximum absolute atomic E-state index is 12.1. The number of amides is 2. The second-order valence-electron chi connectivity index (χ2n) is 5.88. The van der Waals surface area contributed by atoms with Gasteiger partial charge in [0, 0.05) is 37.4 Å². The third-order valence-corrected chi connectivity index (χ3v) is 4.00. The number of carbonyl (C=O) groups is 2. The van der Waals surface area contributed by atoms with E-state index in [9.17, 15) is 9.59 Å². The molecule has 1 aromatic rings. The first-order chi connectivity index (χ1) is 10.6. The summed E-state index contributed by atoms with van der Waals surface area (Å²) in [6.45, 7) is 3.42. The number of piperidine rings is 1. The molecule has 22 heavy (non-hydrogen) atoms. The van der Waals surface area contributed by atoms with Crippen LogP contribution in [0.4, 0.5) is 5.69 Å². The highest BCUT2D eigenvalue weighted by Gasteiger charge is 2.19. The van der Waals surface area contributed by atoms with E-state index in [1.165, 1.54) is 0 Å². The first kappa shape index (κ1) is 16.5. The number of hydrogen-bond donors (Lipinski definition) is 2. The van der Waals surface area contributed by atoms with Crippen molar-refractivity contribution in [2.45, 2.75) is 32.6 Å². The molecule has 1 aliphatic heterocycles. The predicted octanol–water partition coefficient (Wildman–Crippen LogP) is 1.95. The van der Waals surface area contributed by atoms with E-state index in [0.717, 1.165) is 25.1 Å². The van der Waals surface area contributed by atoms with Crippen LogP contribution in [0.25, 0.3) is 0 Å². The Balaban J connectivity index is 1.93. The average Bonchev–Trinajstić information content (AvgIpc) is 2.53. The zero-order valence-electron chi connectivity index (χ0n) is 13.0. The van der Waals surface area contributed by atoms with E-state index in [4.69, 9.17) is 5.11 Å². The molecule has 5 nitrogen and oxygen atoms in total. The van der Waals surface area contributed by atoms with Gasteiger partial charge in [-0.25, -0.2) is 0 Å². The van der Waals surface area contributed by atoms with E-state index in [-0.39, 0.29) is 24.3 Å². The quantitative estimate of drug-likeness (QED) is 0.844. The second-order valence-corrected chi connectivity index (χ2v) is 5.88. The lowest BCUT2D eigenvalue weighted by molar-refractivity contribution is -0.119. The number of aliphatic hydroxyl groups excluding tert-OH is 1. The summed E-state index contributed by atoms with van der Waals surface area (Å²) in [6.07, 6.45) is 3.26. The Kier molecular flexibility index (Phi) is 5.95. The smallest absolute Gasteiger partial charge is 0.251 e. The van der Waals surface area contributed by atoms with Crippen LogP contribution in [0.2, 0.25) is 0 Å². The molecule has 0 aromatic heterocycles. The van der Waals surface area contributed by atoms with Crippen molar-refractivity contribution >= 4 is 17.5 Å². The van der Waals surface area contributed by atoms with Gasteiger partial charge in [-0.15, -0.1) is 0 Å². The first-order valence-electron chi connectivity index (χ1n) is 7.91. The normalized spacial score (nSPS) is 16.5. The maximum atomic E-state index is 12.1. The van der Waals surface area contributed by atoms with Gasteiger partial charge in [0.1, 0.15) is 0 Å². The molecule has 1 aliphatic rings. The lowest BCUT2D eigenvalue weighted by atomic mass is 10.1. The molecule has 1 heterocycles. The molecule has 1 unspecified atom stereocenters. The minimum absolute atomic E-state index is 0.124. The minimum atomic E-state index is -0.124. The van der Waals surface area contributed by atoms with Crippen molar-refractivity contribution in [3.8, 4) is 0 Å². The highest BCUT2D eigenvalue weighted by molar-refractivity contribution is 5.96. The van der Waals surface area contributed by atoms with Crippen LogP contribution < -0.4 is 10.2 Å². The van der Waals surface area contributed by atoms with Gasteiger partial charge in [0.05, 0.1) is 0 Å². The van der Waals surface area contributed by atoms with E-state index < -0.39 is 0 Å². The fourth-order valence-electron chi connectivity index (χ4n) is 2.56. The standard InChI is InChI=1S/C17H24N2O3/c1-13(9-11-20)12-18-17(22)14-5-7-15(8-6-14)19-10-3-2-4-16(19)21/h5-8,13,20H,2-4,9-12H2,1H3,(H,18,22). The topological polar surface area (TPSA) is 69.6 Å². The molecule has 2 N–H and O–H groups in total. The third-order valence-electron chi connectivity index (χ3n) is 4.00. The molecule has 0 spiro atoms. The molecule has 5 heteroatoms. The van der Waals surface area contributed by atoms with Crippen molar-refractivity contribution < 1.29 is 14.7 Å². The van der Waals surface area contributed by atoms with Gasteiger partial charge in [-0.2, -0.15) is 0 Å². The minimum Gasteiger partial charge on any atom is -0.396 e. The van der Waals surface area contributed by atoms with Gasteiger partial charge in [0.2, 0.25) is 5.91 Å². The Labute approximate surface area is 131 Å². The number of rotatable bonds is 6. The largest absolute Gasteiger partial charge is 0.396 e. The maximum Gasteiger partial charge on any atom is 0.251 e. The van der Waals surface area contributed by atoms with Crippen LogP contribution in [0.1, 0.15) is 43.0 Å². The number of aliphatic hydroxyl groups is 1. The third kappa shape index (κ3) is 4.31. The Morgan fingerprint density at radius 3 is 2.68 bits per heavy atom. The monoisotopic (exact) mass is 304 g/mol. The van der Waals surface area contributed by atoms with Crippen LogP contribution >= 0.6 is 0 Å². The van der Waals surface area contributed by atoms with Crippen molar-refractivity contribution in [3.63, 3.8) is 0 Å². The molecule has 2 amide bonds. The molecule has 1 fully saturated rings. The van der Waals surface area contributed by atoms with Crippen molar-refractivity contribution in [1.82, 2.24) is 5.32 Å². The molecule has 1 aromatic carbocycles. The first-order valence-corrected chi connectivity index (χ1v) is 7.91. The number of nitrogens with zero attached hydrogens (tertiary/aromatic N) is 1. The number of nitrogens with one attached hydrogen (secondary N) is 1. The lowest BCUT2D eigenvalue weighted by Crippen LogP contribution is -2.35. The molecule has 120 valence electrons. The van der Waals surface area contributed by atoms with Crippen LogP contribution in [-0.4, -0.2) is 36.6 Å². The Morgan fingerprint density at radius 2 is 2.05 bits per heavy atom. The lowest BCUT2D eigenvalue weighted by Gasteiger charge is -2.26. The number of anilines is 1. The summed E-state index contributed by atoms with van der Waals surface area (Å²) in [5.74, 6) is 0.279. The van der Waals surface area contributed by atoms with Crippen LogP contribution in [-0.2, 0) is 4.79 Å². The van der Waals surface area contributed by atoms with Gasteiger partial charge in [-0.05, 0) is 49.4 Å². The van der Waals surface area contributed by atoms with Crippen LogP contribution in [0.5, 0.6) is 0 Å². The number of hydrogen-bond acceptors (Lipinski definition) is 3. The summed E-state index contributed by atoms with van der Waals surface area (Å²) < 4.78 is 0. The average molecular weight is 304 g/mol. The van der Waals surface area contributed by atoms with Crippen molar-refractivity contribution in [1.29, 1.82) is 0 Å². The van der Waals surface area contributed by atoms with Gasteiger partial charge < -0.3 is 15.3 Å². The van der Waals surface area contributed by atoms with E-state index in [2.05, 4.69) is 5.32 Å². The molecular weight excluding hydrogens is 280 g/mol. The molecular formula is C17H24N2O3. The van der Waals surface area contributed by atoms with Gasteiger partial charge >= 0.3 is 0 Å². The van der Waals surface area contributed by atoms with Crippen LogP contribution in [0.15, 0.2) is 24.3 Å². The van der Waals surface area contributed by atoms with Gasteiger partial charge in [-0.3, -0.25) is 9.59 Å². The summed E-state index contributed by atoms with van der Waals surface area (Å²) in [4.78, 5) is 25.7. The second kappa shape index (κ2) is 7.94.